The van der Waals surface area contributed by atoms with Crippen molar-refractivity contribution in [2.45, 2.75) is 57.8 Å². The summed E-state index contributed by atoms with van der Waals surface area (Å²) in [5.41, 5.74) is 1.50. The molecule has 2 N–H and O–H groups in total. The number of hydrogen-bond donors (Lipinski definition) is 2. The number of aromatic nitrogens is 1. The van der Waals surface area contributed by atoms with Crippen LogP contribution in [0.4, 0.5) is 0 Å². The molecule has 2 aliphatic rings. The van der Waals surface area contributed by atoms with E-state index < -0.39 is 5.63 Å². The minimum absolute atomic E-state index is 0.117. The Morgan fingerprint density at radius 1 is 1.36 bits per heavy atom. The van der Waals surface area contributed by atoms with Gasteiger partial charge in [0, 0.05) is 30.3 Å². The zero-order valence-corrected chi connectivity index (χ0v) is 17.1. The number of thiazole rings is 1. The van der Waals surface area contributed by atoms with Gasteiger partial charge in [0.1, 0.15) is 11.3 Å². The van der Waals surface area contributed by atoms with Gasteiger partial charge in [0.25, 0.3) is 5.91 Å². The second-order valence-corrected chi connectivity index (χ2v) is 8.90. The highest BCUT2D eigenvalue weighted by Crippen LogP contribution is 2.27. The van der Waals surface area contributed by atoms with Crippen LogP contribution in [0.5, 0.6) is 0 Å². The van der Waals surface area contributed by atoms with E-state index in [-0.39, 0.29) is 17.4 Å². The molecular formula is C21H27N3O3S. The molecule has 1 aliphatic heterocycles. The summed E-state index contributed by atoms with van der Waals surface area (Å²) in [6.07, 6.45) is 7.42. The Bertz CT molecular complexity index is 889. The Labute approximate surface area is 168 Å². The molecule has 2 aromatic heterocycles. The third kappa shape index (κ3) is 4.20. The molecule has 1 atom stereocenters. The van der Waals surface area contributed by atoms with Crippen LogP contribution in [0.1, 0.15) is 68.9 Å². The highest BCUT2D eigenvalue weighted by molar-refractivity contribution is 7.11. The van der Waals surface area contributed by atoms with Crippen LogP contribution in [0.3, 0.4) is 0 Å². The quantitative estimate of drug-likeness (QED) is 0.805. The van der Waals surface area contributed by atoms with Crippen LogP contribution >= 0.6 is 11.3 Å². The van der Waals surface area contributed by atoms with E-state index in [0.717, 1.165) is 43.8 Å². The number of amides is 1. The number of piperidine rings is 1. The first-order valence-electron chi connectivity index (χ1n) is 10.2. The van der Waals surface area contributed by atoms with Crippen molar-refractivity contribution in [2.24, 2.45) is 0 Å². The minimum Gasteiger partial charge on any atom is -0.427 e. The summed E-state index contributed by atoms with van der Waals surface area (Å²) in [5.74, 6) is 0.522. The van der Waals surface area contributed by atoms with Crippen molar-refractivity contribution in [3.05, 3.63) is 49.0 Å². The average Bonchev–Trinajstić information content (AvgIpc) is 3.11. The molecule has 28 heavy (non-hydrogen) atoms. The van der Waals surface area contributed by atoms with Gasteiger partial charge in [0.05, 0.1) is 10.7 Å². The molecule has 0 saturated carbocycles. The fourth-order valence-electron chi connectivity index (χ4n) is 4.09. The standard InChI is InChI=1S/C21H27N3O3S/c1-13-11-16(14-5-4-9-22-12-14)27-21(26)19(13)20(25)23-10-8-18-24-15-6-2-3-7-17(15)28-18/h11,14,22H,2-10,12H2,1H3,(H,23,25). The molecule has 0 bridgehead atoms. The van der Waals surface area contributed by atoms with Gasteiger partial charge in [-0.15, -0.1) is 11.3 Å². The molecule has 3 heterocycles. The Kier molecular flexibility index (Phi) is 5.92. The van der Waals surface area contributed by atoms with Crippen molar-refractivity contribution in [1.29, 1.82) is 0 Å². The zero-order chi connectivity index (χ0) is 19.5. The van der Waals surface area contributed by atoms with Gasteiger partial charge in [-0.2, -0.15) is 0 Å². The molecule has 6 nitrogen and oxygen atoms in total. The molecule has 150 valence electrons. The van der Waals surface area contributed by atoms with E-state index >= 15 is 0 Å². The Morgan fingerprint density at radius 3 is 2.96 bits per heavy atom. The van der Waals surface area contributed by atoms with E-state index in [4.69, 9.17) is 9.40 Å². The number of carbonyl (C=O) groups excluding carboxylic acids is 1. The first kappa shape index (κ1) is 19.3. The molecule has 0 aromatic carbocycles. The van der Waals surface area contributed by atoms with Gasteiger partial charge in [0.15, 0.2) is 0 Å². The normalized spacial score (nSPS) is 19.2. The van der Waals surface area contributed by atoms with E-state index in [1.54, 1.807) is 18.3 Å². The van der Waals surface area contributed by atoms with Crippen LogP contribution in [0.2, 0.25) is 0 Å². The maximum absolute atomic E-state index is 12.6. The second kappa shape index (κ2) is 8.57. The SMILES string of the molecule is Cc1cc(C2CCCNC2)oc(=O)c1C(=O)NCCc1nc2c(s1)CCCC2. The lowest BCUT2D eigenvalue weighted by atomic mass is 9.95. The van der Waals surface area contributed by atoms with E-state index in [2.05, 4.69) is 10.6 Å². The van der Waals surface area contributed by atoms with Crippen LogP contribution in [0.25, 0.3) is 0 Å². The van der Waals surface area contributed by atoms with Crippen molar-refractivity contribution in [3.63, 3.8) is 0 Å². The summed E-state index contributed by atoms with van der Waals surface area (Å²) >= 11 is 1.76. The van der Waals surface area contributed by atoms with Crippen molar-refractivity contribution >= 4 is 17.2 Å². The topological polar surface area (TPSA) is 84.2 Å². The predicted molar refractivity (Wildman–Crippen MR) is 109 cm³/mol. The number of nitrogens with zero attached hydrogens (tertiary/aromatic N) is 1. The van der Waals surface area contributed by atoms with Crippen molar-refractivity contribution < 1.29 is 9.21 Å². The highest BCUT2D eigenvalue weighted by Gasteiger charge is 2.22. The minimum atomic E-state index is -0.539. The summed E-state index contributed by atoms with van der Waals surface area (Å²) in [6.45, 7) is 4.09. The van der Waals surface area contributed by atoms with Crippen molar-refractivity contribution in [2.75, 3.05) is 19.6 Å². The molecule has 1 aliphatic carbocycles. The Balaban J connectivity index is 1.38. The molecule has 1 fully saturated rings. The number of nitrogens with one attached hydrogen (secondary N) is 2. The average molecular weight is 402 g/mol. The van der Waals surface area contributed by atoms with Crippen LogP contribution in [0, 0.1) is 6.92 Å². The molecule has 0 radical (unpaired) electrons. The van der Waals surface area contributed by atoms with E-state index in [1.807, 2.05) is 6.07 Å². The van der Waals surface area contributed by atoms with Gasteiger partial charge < -0.3 is 15.1 Å². The number of fused-ring (bicyclic) bond motifs is 1. The fourth-order valence-corrected chi connectivity index (χ4v) is 5.24. The maximum atomic E-state index is 12.6. The third-order valence-electron chi connectivity index (χ3n) is 5.61. The van der Waals surface area contributed by atoms with Crippen molar-refractivity contribution in [1.82, 2.24) is 15.6 Å². The molecule has 1 unspecified atom stereocenters. The monoisotopic (exact) mass is 401 g/mol. The fraction of sp³-hybridized carbons (Fsp3) is 0.571. The van der Waals surface area contributed by atoms with Gasteiger partial charge >= 0.3 is 5.63 Å². The molecule has 7 heteroatoms. The summed E-state index contributed by atoms with van der Waals surface area (Å²) in [7, 11) is 0. The molecular weight excluding hydrogens is 374 g/mol. The molecule has 4 rings (SSSR count). The van der Waals surface area contributed by atoms with Gasteiger partial charge in [-0.25, -0.2) is 9.78 Å². The van der Waals surface area contributed by atoms with Gasteiger partial charge in [-0.05, 0) is 63.6 Å². The van der Waals surface area contributed by atoms with Crippen LogP contribution in [-0.4, -0.2) is 30.5 Å². The smallest absolute Gasteiger partial charge is 0.349 e. The summed E-state index contributed by atoms with van der Waals surface area (Å²) in [5, 5.41) is 7.25. The summed E-state index contributed by atoms with van der Waals surface area (Å²) < 4.78 is 5.50. The highest BCUT2D eigenvalue weighted by atomic mass is 32.1. The first-order chi connectivity index (χ1) is 13.6. The molecule has 2 aromatic rings. The lowest BCUT2D eigenvalue weighted by Crippen LogP contribution is -2.32. The molecule has 0 spiro atoms. The lowest BCUT2D eigenvalue weighted by Gasteiger charge is -2.22. The summed E-state index contributed by atoms with van der Waals surface area (Å²) in [6, 6.07) is 1.85. The lowest BCUT2D eigenvalue weighted by molar-refractivity contribution is 0.0949. The number of carbonyl (C=O) groups is 1. The number of rotatable bonds is 5. The van der Waals surface area contributed by atoms with Crippen LogP contribution in [-0.2, 0) is 19.3 Å². The molecule has 1 saturated heterocycles. The number of hydrogen-bond acceptors (Lipinski definition) is 6. The summed E-state index contributed by atoms with van der Waals surface area (Å²) in [4.78, 5) is 31.1. The van der Waals surface area contributed by atoms with Crippen LogP contribution in [0.15, 0.2) is 15.3 Å². The van der Waals surface area contributed by atoms with Crippen LogP contribution < -0.4 is 16.3 Å². The van der Waals surface area contributed by atoms with Gasteiger partial charge in [-0.1, -0.05) is 0 Å². The van der Waals surface area contributed by atoms with Gasteiger partial charge in [0.2, 0.25) is 0 Å². The second-order valence-electron chi connectivity index (χ2n) is 7.73. The van der Waals surface area contributed by atoms with E-state index in [9.17, 15) is 9.59 Å². The van der Waals surface area contributed by atoms with Crippen molar-refractivity contribution in [3.8, 4) is 0 Å². The Morgan fingerprint density at radius 2 is 2.21 bits per heavy atom. The van der Waals surface area contributed by atoms with E-state index in [0.29, 0.717) is 24.3 Å². The first-order valence-corrected chi connectivity index (χ1v) is 11.0. The largest absolute Gasteiger partial charge is 0.427 e. The molecule has 1 amide bonds. The predicted octanol–water partition coefficient (Wildman–Crippen LogP) is 2.72. The third-order valence-corrected chi connectivity index (χ3v) is 6.83. The van der Waals surface area contributed by atoms with E-state index in [1.165, 1.54) is 23.4 Å². The maximum Gasteiger partial charge on any atom is 0.349 e. The van der Waals surface area contributed by atoms with Gasteiger partial charge in [-0.3, -0.25) is 4.79 Å². The zero-order valence-electron chi connectivity index (χ0n) is 16.3. The Hall–Kier alpha value is -1.99. The number of aryl methyl sites for hydroxylation is 3.